The lowest BCUT2D eigenvalue weighted by molar-refractivity contribution is 0.0951. The zero-order valence-corrected chi connectivity index (χ0v) is 16.9. The number of hydrogen-bond donors (Lipinski definition) is 3. The van der Waals surface area contributed by atoms with Gasteiger partial charge < -0.3 is 20.9 Å². The molecule has 1 fully saturated rings. The number of carbonyl (C=O) groups excluding carboxylic acids is 2. The first-order chi connectivity index (χ1) is 14.6. The molecule has 3 rings (SSSR count). The molecule has 0 saturated carbocycles. The number of benzene rings is 2. The Kier molecular flexibility index (Phi) is 7.43. The van der Waals surface area contributed by atoms with Gasteiger partial charge in [-0.1, -0.05) is 30.3 Å². The summed E-state index contributed by atoms with van der Waals surface area (Å²) < 4.78 is 13.0. The number of para-hydroxylation sites is 1. The predicted molar refractivity (Wildman–Crippen MR) is 116 cm³/mol. The second-order valence-corrected chi connectivity index (χ2v) is 7.23. The molecule has 0 aromatic heterocycles. The number of anilines is 1. The summed E-state index contributed by atoms with van der Waals surface area (Å²) in [5.74, 6) is -0.467. The first-order valence-electron chi connectivity index (χ1n) is 10.1. The molecule has 1 heterocycles. The molecular weight excluding hydrogens is 383 g/mol. The molecule has 0 radical (unpaired) electrons. The van der Waals surface area contributed by atoms with Crippen molar-refractivity contribution in [2.45, 2.75) is 25.4 Å². The lowest BCUT2D eigenvalue weighted by Crippen LogP contribution is -2.48. The van der Waals surface area contributed by atoms with Crippen molar-refractivity contribution in [1.82, 2.24) is 16.0 Å². The lowest BCUT2D eigenvalue weighted by atomic mass is 10.0. The summed E-state index contributed by atoms with van der Waals surface area (Å²) in [4.78, 5) is 26.8. The number of amides is 3. The van der Waals surface area contributed by atoms with Gasteiger partial charge in [-0.3, -0.25) is 4.79 Å². The molecule has 1 saturated heterocycles. The molecule has 30 heavy (non-hydrogen) atoms. The zero-order valence-electron chi connectivity index (χ0n) is 16.9. The zero-order chi connectivity index (χ0) is 21.3. The summed E-state index contributed by atoms with van der Waals surface area (Å²) in [5, 5.41) is 8.60. The molecule has 0 unspecified atom stereocenters. The monoisotopic (exact) mass is 410 g/mol. The van der Waals surface area contributed by atoms with Crippen LogP contribution in [0.2, 0.25) is 0 Å². The van der Waals surface area contributed by atoms with E-state index < -0.39 is 0 Å². The Morgan fingerprint density at radius 1 is 1.07 bits per heavy atom. The fraction of sp³-hybridized carbons (Fsp3) is 0.304. The third-order valence-electron chi connectivity index (χ3n) is 5.09. The maximum atomic E-state index is 13.0. The number of hydrogen-bond acceptors (Lipinski definition) is 3. The van der Waals surface area contributed by atoms with Gasteiger partial charge in [-0.2, -0.15) is 0 Å². The summed E-state index contributed by atoms with van der Waals surface area (Å²) in [6.07, 6.45) is 3.24. The number of nitrogens with zero attached hydrogens (tertiary/aromatic N) is 1. The fourth-order valence-electron chi connectivity index (χ4n) is 3.49. The van der Waals surface area contributed by atoms with E-state index in [0.29, 0.717) is 18.7 Å². The third kappa shape index (κ3) is 5.83. The van der Waals surface area contributed by atoms with Crippen LogP contribution < -0.4 is 20.9 Å². The molecule has 3 N–H and O–H groups in total. The molecule has 158 valence electrons. The molecular formula is C23H27FN4O2. The molecule has 1 aliphatic rings. The molecule has 0 atom stereocenters. The smallest absolute Gasteiger partial charge is 0.315 e. The van der Waals surface area contributed by atoms with Crippen LogP contribution in [-0.2, 0) is 6.54 Å². The standard InChI is InChI=1S/C23H27FN4O2/c1-2-13-25-23(30)27-19-11-14-28(15-12-19)21-6-4-3-5-20(21)22(29)26-16-17-7-9-18(24)10-8-17/h2-10,19H,1,11-16H2,(H,26,29)(H2,25,27,30). The Hall–Kier alpha value is -3.35. The second kappa shape index (κ2) is 10.4. The van der Waals surface area contributed by atoms with Gasteiger partial charge in [-0.25, -0.2) is 9.18 Å². The van der Waals surface area contributed by atoms with Gasteiger partial charge in [0.05, 0.1) is 5.56 Å². The van der Waals surface area contributed by atoms with Crippen LogP contribution in [0, 0.1) is 5.82 Å². The summed E-state index contributed by atoms with van der Waals surface area (Å²) in [5.41, 5.74) is 2.32. The molecule has 1 aliphatic heterocycles. The lowest BCUT2D eigenvalue weighted by Gasteiger charge is -2.34. The Bertz CT molecular complexity index is 877. The molecule has 0 bridgehead atoms. The molecule has 2 aromatic carbocycles. The number of nitrogens with one attached hydrogen (secondary N) is 3. The van der Waals surface area contributed by atoms with E-state index in [1.54, 1.807) is 18.2 Å². The summed E-state index contributed by atoms with van der Waals surface area (Å²) in [7, 11) is 0. The highest BCUT2D eigenvalue weighted by molar-refractivity contribution is 5.99. The number of halogens is 1. The predicted octanol–water partition coefficient (Wildman–Crippen LogP) is 3.21. The van der Waals surface area contributed by atoms with Crippen molar-refractivity contribution in [1.29, 1.82) is 0 Å². The largest absolute Gasteiger partial charge is 0.371 e. The fourth-order valence-corrected chi connectivity index (χ4v) is 3.49. The van der Waals surface area contributed by atoms with Gasteiger partial charge in [0.2, 0.25) is 0 Å². The average Bonchev–Trinajstić information content (AvgIpc) is 2.77. The quantitative estimate of drug-likeness (QED) is 0.614. The van der Waals surface area contributed by atoms with E-state index in [1.165, 1.54) is 12.1 Å². The maximum Gasteiger partial charge on any atom is 0.315 e. The third-order valence-corrected chi connectivity index (χ3v) is 5.09. The molecule has 3 amide bonds. The number of carbonyl (C=O) groups is 2. The van der Waals surface area contributed by atoms with E-state index in [9.17, 15) is 14.0 Å². The van der Waals surface area contributed by atoms with Crippen molar-refractivity contribution in [3.8, 4) is 0 Å². The minimum absolute atomic E-state index is 0.102. The van der Waals surface area contributed by atoms with E-state index in [1.807, 2.05) is 24.3 Å². The van der Waals surface area contributed by atoms with Gasteiger partial charge in [0.15, 0.2) is 0 Å². The van der Waals surface area contributed by atoms with E-state index in [0.717, 1.165) is 37.2 Å². The van der Waals surface area contributed by atoms with Crippen LogP contribution in [-0.4, -0.2) is 37.6 Å². The first-order valence-corrected chi connectivity index (χ1v) is 10.1. The van der Waals surface area contributed by atoms with Crippen LogP contribution in [0.5, 0.6) is 0 Å². The SMILES string of the molecule is C=CCNC(=O)NC1CCN(c2ccccc2C(=O)NCc2ccc(F)cc2)CC1. The number of piperidine rings is 1. The van der Waals surface area contributed by atoms with Crippen molar-refractivity contribution in [2.24, 2.45) is 0 Å². The van der Waals surface area contributed by atoms with Gasteiger partial charge in [0.1, 0.15) is 5.82 Å². The number of urea groups is 1. The second-order valence-electron chi connectivity index (χ2n) is 7.23. The summed E-state index contributed by atoms with van der Waals surface area (Å²) >= 11 is 0. The van der Waals surface area contributed by atoms with Gasteiger partial charge in [0, 0.05) is 37.9 Å². The first kappa shape index (κ1) is 21.4. The highest BCUT2D eigenvalue weighted by atomic mass is 19.1. The van der Waals surface area contributed by atoms with Gasteiger partial charge in [-0.05, 0) is 42.7 Å². The Balaban J connectivity index is 1.57. The van der Waals surface area contributed by atoms with Crippen LogP contribution in [0.4, 0.5) is 14.9 Å². The van der Waals surface area contributed by atoms with Gasteiger partial charge in [-0.15, -0.1) is 6.58 Å². The van der Waals surface area contributed by atoms with E-state index >= 15 is 0 Å². The minimum atomic E-state index is -0.300. The van der Waals surface area contributed by atoms with E-state index in [4.69, 9.17) is 0 Å². The summed E-state index contributed by atoms with van der Waals surface area (Å²) in [6.45, 7) is 5.84. The van der Waals surface area contributed by atoms with Crippen LogP contribution >= 0.6 is 0 Å². The van der Waals surface area contributed by atoms with Crippen molar-refractivity contribution in [3.63, 3.8) is 0 Å². The van der Waals surface area contributed by atoms with Gasteiger partial charge in [0.25, 0.3) is 5.91 Å². The Morgan fingerprint density at radius 3 is 2.47 bits per heavy atom. The van der Waals surface area contributed by atoms with E-state index in [2.05, 4.69) is 27.4 Å². The maximum absolute atomic E-state index is 13.0. The van der Waals surface area contributed by atoms with E-state index in [-0.39, 0.29) is 23.8 Å². The Morgan fingerprint density at radius 2 is 1.77 bits per heavy atom. The summed E-state index contributed by atoms with van der Waals surface area (Å²) in [6, 6.07) is 13.5. The van der Waals surface area contributed by atoms with Crippen molar-refractivity contribution in [2.75, 3.05) is 24.5 Å². The molecule has 7 heteroatoms. The van der Waals surface area contributed by atoms with Gasteiger partial charge >= 0.3 is 6.03 Å². The van der Waals surface area contributed by atoms with Crippen molar-refractivity contribution >= 4 is 17.6 Å². The number of rotatable bonds is 7. The molecule has 6 nitrogen and oxygen atoms in total. The van der Waals surface area contributed by atoms with Crippen molar-refractivity contribution in [3.05, 3.63) is 78.1 Å². The molecule has 0 aliphatic carbocycles. The highest BCUT2D eigenvalue weighted by Crippen LogP contribution is 2.24. The Labute approximate surface area is 176 Å². The van der Waals surface area contributed by atoms with Crippen LogP contribution in [0.3, 0.4) is 0 Å². The topological polar surface area (TPSA) is 73.5 Å². The molecule has 2 aromatic rings. The van der Waals surface area contributed by atoms with Crippen LogP contribution in [0.15, 0.2) is 61.2 Å². The van der Waals surface area contributed by atoms with Crippen LogP contribution in [0.1, 0.15) is 28.8 Å². The normalized spacial score (nSPS) is 14.1. The highest BCUT2D eigenvalue weighted by Gasteiger charge is 2.23. The van der Waals surface area contributed by atoms with Crippen LogP contribution in [0.25, 0.3) is 0 Å². The average molecular weight is 410 g/mol. The minimum Gasteiger partial charge on any atom is -0.371 e. The van der Waals surface area contributed by atoms with Crippen molar-refractivity contribution < 1.29 is 14.0 Å². The molecule has 0 spiro atoms.